The van der Waals surface area contributed by atoms with Crippen molar-refractivity contribution in [1.29, 1.82) is 0 Å². The van der Waals surface area contributed by atoms with Crippen molar-refractivity contribution in [2.45, 2.75) is 58.0 Å². The minimum absolute atomic E-state index is 0. The summed E-state index contributed by atoms with van der Waals surface area (Å²) in [5.41, 5.74) is 7.01. The van der Waals surface area contributed by atoms with Crippen molar-refractivity contribution in [3.8, 4) is 0 Å². The molecule has 7 heteroatoms. The minimum atomic E-state index is -0.283. The van der Waals surface area contributed by atoms with Crippen LogP contribution in [0.5, 0.6) is 0 Å². The van der Waals surface area contributed by atoms with Crippen molar-refractivity contribution in [3.05, 3.63) is 29.8 Å². The molecule has 0 aliphatic heterocycles. The Morgan fingerprint density at radius 1 is 1.15 bits per heavy atom. The zero-order valence-electron chi connectivity index (χ0n) is 15.6. The summed E-state index contributed by atoms with van der Waals surface area (Å²) < 4.78 is 0. The Bertz CT molecular complexity index is 589. The number of carbonyl (C=O) groups is 2. The van der Waals surface area contributed by atoms with E-state index in [9.17, 15) is 9.59 Å². The maximum atomic E-state index is 12.6. The zero-order chi connectivity index (χ0) is 18.2. The van der Waals surface area contributed by atoms with E-state index in [0.717, 1.165) is 12.8 Å². The van der Waals surface area contributed by atoms with Crippen LogP contribution in [-0.4, -0.2) is 30.6 Å². The Morgan fingerprint density at radius 3 is 2.46 bits per heavy atom. The first-order valence-corrected chi connectivity index (χ1v) is 9.18. The number of benzene rings is 1. The number of carbonyl (C=O) groups excluding carboxylic acids is 2. The van der Waals surface area contributed by atoms with Crippen LogP contribution in [0, 0.1) is 5.92 Å². The van der Waals surface area contributed by atoms with E-state index >= 15 is 0 Å². The van der Waals surface area contributed by atoms with Gasteiger partial charge in [0.25, 0.3) is 5.91 Å². The monoisotopic (exact) mass is 382 g/mol. The average Bonchev–Trinajstić information content (AvgIpc) is 2.59. The summed E-state index contributed by atoms with van der Waals surface area (Å²) in [6.07, 6.45) is 5.94. The number of nitrogens with two attached hydrogens (primary N) is 1. The first-order chi connectivity index (χ1) is 12.0. The highest BCUT2D eigenvalue weighted by molar-refractivity contribution is 5.97. The summed E-state index contributed by atoms with van der Waals surface area (Å²) in [5, 5.41) is 8.57. The third-order valence-electron chi connectivity index (χ3n) is 4.59. The molecule has 146 valence electrons. The van der Waals surface area contributed by atoms with Crippen molar-refractivity contribution in [3.63, 3.8) is 0 Å². The predicted octanol–water partition coefficient (Wildman–Crippen LogP) is 3.28. The van der Waals surface area contributed by atoms with Crippen LogP contribution in [0.1, 0.15) is 56.3 Å². The fraction of sp³-hybridized carbons (Fsp3) is 0.579. The third kappa shape index (κ3) is 6.84. The number of anilines is 1. The molecule has 1 saturated carbocycles. The Morgan fingerprint density at radius 2 is 1.85 bits per heavy atom. The van der Waals surface area contributed by atoms with Gasteiger partial charge in [-0.3, -0.25) is 4.79 Å². The molecule has 2 rings (SSSR count). The summed E-state index contributed by atoms with van der Waals surface area (Å²) >= 11 is 0. The molecule has 1 aromatic rings. The Labute approximate surface area is 162 Å². The molecule has 0 aromatic heterocycles. The molecule has 1 fully saturated rings. The van der Waals surface area contributed by atoms with E-state index in [4.69, 9.17) is 5.73 Å². The summed E-state index contributed by atoms with van der Waals surface area (Å²) in [5.74, 6) is 0.315. The molecule has 3 amide bonds. The summed E-state index contributed by atoms with van der Waals surface area (Å²) in [6.45, 7) is 4.23. The van der Waals surface area contributed by atoms with Crippen LogP contribution in [0.15, 0.2) is 24.3 Å². The Balaban J connectivity index is 0.00000338. The van der Waals surface area contributed by atoms with E-state index in [-0.39, 0.29) is 36.4 Å². The first-order valence-electron chi connectivity index (χ1n) is 9.18. The Kier molecular flexibility index (Phi) is 9.44. The lowest BCUT2D eigenvalue weighted by atomic mass is 9.84. The fourth-order valence-corrected chi connectivity index (χ4v) is 3.33. The highest BCUT2D eigenvalue weighted by Crippen LogP contribution is 2.26. The van der Waals surface area contributed by atoms with Gasteiger partial charge in [-0.25, -0.2) is 4.79 Å². The van der Waals surface area contributed by atoms with E-state index in [1.807, 2.05) is 13.8 Å². The molecule has 1 atom stereocenters. The molecule has 0 spiro atoms. The zero-order valence-corrected chi connectivity index (χ0v) is 16.4. The van der Waals surface area contributed by atoms with Crippen molar-refractivity contribution < 1.29 is 9.59 Å². The average molecular weight is 383 g/mol. The van der Waals surface area contributed by atoms with Gasteiger partial charge in [0.15, 0.2) is 0 Å². The normalized spacial score (nSPS) is 15.7. The van der Waals surface area contributed by atoms with Gasteiger partial charge in [0, 0.05) is 29.9 Å². The SMILES string of the molecule is CC(C)NC(=O)Nc1cccc(C(=O)NC(CN)C2CCCCC2)c1.Cl. The second-order valence-electron chi connectivity index (χ2n) is 7.05. The van der Waals surface area contributed by atoms with E-state index in [2.05, 4.69) is 16.0 Å². The van der Waals surface area contributed by atoms with Crippen molar-refractivity contribution in [2.24, 2.45) is 11.7 Å². The minimum Gasteiger partial charge on any atom is -0.348 e. The number of hydrogen-bond acceptors (Lipinski definition) is 3. The summed E-state index contributed by atoms with van der Waals surface area (Å²) in [7, 11) is 0. The van der Waals surface area contributed by atoms with Gasteiger partial charge in [0.1, 0.15) is 0 Å². The van der Waals surface area contributed by atoms with Crippen molar-refractivity contribution >= 4 is 30.0 Å². The van der Waals surface area contributed by atoms with E-state index in [0.29, 0.717) is 23.7 Å². The highest BCUT2D eigenvalue weighted by atomic mass is 35.5. The molecule has 1 aliphatic carbocycles. The summed E-state index contributed by atoms with van der Waals surface area (Å²) in [4.78, 5) is 24.4. The molecule has 0 heterocycles. The fourth-order valence-electron chi connectivity index (χ4n) is 3.33. The van der Waals surface area contributed by atoms with Gasteiger partial charge in [-0.15, -0.1) is 12.4 Å². The molecule has 0 saturated heterocycles. The van der Waals surface area contributed by atoms with Crippen LogP contribution in [-0.2, 0) is 0 Å². The lowest BCUT2D eigenvalue weighted by Gasteiger charge is -2.30. The van der Waals surface area contributed by atoms with Crippen LogP contribution in [0.25, 0.3) is 0 Å². The quantitative estimate of drug-likeness (QED) is 0.607. The Hall–Kier alpha value is -1.79. The largest absolute Gasteiger partial charge is 0.348 e. The first kappa shape index (κ1) is 22.3. The number of nitrogens with one attached hydrogen (secondary N) is 3. The highest BCUT2D eigenvalue weighted by Gasteiger charge is 2.24. The molecule has 0 bridgehead atoms. The van der Waals surface area contributed by atoms with Crippen LogP contribution in [0.4, 0.5) is 10.5 Å². The van der Waals surface area contributed by atoms with E-state index in [1.165, 1.54) is 19.3 Å². The van der Waals surface area contributed by atoms with Crippen LogP contribution < -0.4 is 21.7 Å². The molecule has 26 heavy (non-hydrogen) atoms. The number of hydrogen-bond donors (Lipinski definition) is 4. The topological polar surface area (TPSA) is 96.2 Å². The maximum absolute atomic E-state index is 12.6. The predicted molar refractivity (Wildman–Crippen MR) is 108 cm³/mol. The van der Waals surface area contributed by atoms with Gasteiger partial charge in [-0.05, 0) is 50.8 Å². The van der Waals surface area contributed by atoms with Gasteiger partial charge in [-0.2, -0.15) is 0 Å². The molecular formula is C19H31ClN4O2. The summed E-state index contributed by atoms with van der Waals surface area (Å²) in [6, 6.07) is 6.73. The third-order valence-corrected chi connectivity index (χ3v) is 4.59. The standard InChI is InChI=1S/C19H30N4O2.ClH/c1-13(2)21-19(25)22-16-10-6-9-15(11-16)18(24)23-17(12-20)14-7-4-3-5-8-14;/h6,9-11,13-14,17H,3-5,7-8,12,20H2,1-2H3,(H,23,24)(H2,21,22,25);1H. The van der Waals surface area contributed by atoms with Gasteiger partial charge >= 0.3 is 6.03 Å². The van der Waals surface area contributed by atoms with Gasteiger partial charge in [-0.1, -0.05) is 25.3 Å². The second-order valence-corrected chi connectivity index (χ2v) is 7.05. The second kappa shape index (κ2) is 11.0. The van der Waals surface area contributed by atoms with Gasteiger partial charge in [0.2, 0.25) is 0 Å². The van der Waals surface area contributed by atoms with Gasteiger partial charge < -0.3 is 21.7 Å². The number of halogens is 1. The maximum Gasteiger partial charge on any atom is 0.319 e. The van der Waals surface area contributed by atoms with Crippen molar-refractivity contribution in [2.75, 3.05) is 11.9 Å². The van der Waals surface area contributed by atoms with Crippen LogP contribution in [0.3, 0.4) is 0 Å². The molecule has 1 unspecified atom stereocenters. The number of amides is 3. The number of rotatable bonds is 6. The lowest BCUT2D eigenvalue weighted by molar-refractivity contribution is 0.0915. The smallest absolute Gasteiger partial charge is 0.319 e. The molecular weight excluding hydrogens is 352 g/mol. The number of urea groups is 1. The molecule has 1 aliphatic rings. The van der Waals surface area contributed by atoms with E-state index in [1.54, 1.807) is 24.3 Å². The van der Waals surface area contributed by atoms with Crippen LogP contribution in [0.2, 0.25) is 0 Å². The molecule has 6 nitrogen and oxygen atoms in total. The molecule has 0 radical (unpaired) electrons. The van der Waals surface area contributed by atoms with Crippen molar-refractivity contribution in [1.82, 2.24) is 10.6 Å². The lowest BCUT2D eigenvalue weighted by Crippen LogP contribution is -2.45. The van der Waals surface area contributed by atoms with E-state index < -0.39 is 0 Å². The van der Waals surface area contributed by atoms with Gasteiger partial charge in [0.05, 0.1) is 0 Å². The van der Waals surface area contributed by atoms with Crippen LogP contribution >= 0.6 is 12.4 Å². The molecule has 5 N–H and O–H groups in total. The molecule has 1 aromatic carbocycles.